The molecule has 5 nitrogen and oxygen atoms in total. The first kappa shape index (κ1) is 24.5. The van der Waals surface area contributed by atoms with Crippen molar-refractivity contribution in [2.24, 2.45) is 0 Å². The monoisotopic (exact) mass is 554 g/mol. The van der Waals surface area contributed by atoms with Crippen LogP contribution in [0.5, 0.6) is 0 Å². The summed E-state index contributed by atoms with van der Waals surface area (Å²) >= 11 is 10.9. The van der Waals surface area contributed by atoms with Gasteiger partial charge in [0.05, 0.1) is 12.3 Å². The number of anilines is 1. The van der Waals surface area contributed by atoms with E-state index in [1.165, 1.54) is 11.8 Å². The van der Waals surface area contributed by atoms with Crippen LogP contribution in [0, 0.1) is 13.8 Å². The van der Waals surface area contributed by atoms with Crippen molar-refractivity contribution in [1.29, 1.82) is 0 Å². The Morgan fingerprint density at radius 3 is 2.35 bits per heavy atom. The molecule has 0 aliphatic rings. The molecule has 0 aliphatic heterocycles. The van der Waals surface area contributed by atoms with E-state index >= 15 is 0 Å². The molecular formula is C26H24BrClN4OS. The molecule has 1 N–H and O–H groups in total. The van der Waals surface area contributed by atoms with Crippen LogP contribution in [0.25, 0.3) is 0 Å². The lowest BCUT2D eigenvalue weighted by molar-refractivity contribution is -0.113. The predicted octanol–water partition coefficient (Wildman–Crippen LogP) is 6.68. The molecule has 0 saturated heterocycles. The van der Waals surface area contributed by atoms with Crippen LogP contribution in [0.3, 0.4) is 0 Å². The van der Waals surface area contributed by atoms with Crippen LogP contribution < -0.4 is 5.32 Å². The summed E-state index contributed by atoms with van der Waals surface area (Å²) in [6, 6.07) is 21.9. The first-order valence-corrected chi connectivity index (χ1v) is 12.9. The number of hydrogen-bond donors (Lipinski definition) is 1. The van der Waals surface area contributed by atoms with Gasteiger partial charge in [-0.1, -0.05) is 81.8 Å². The van der Waals surface area contributed by atoms with Gasteiger partial charge in [0.2, 0.25) is 5.91 Å². The van der Waals surface area contributed by atoms with Crippen LogP contribution >= 0.6 is 39.3 Å². The van der Waals surface area contributed by atoms with Gasteiger partial charge in [0.15, 0.2) is 5.16 Å². The summed E-state index contributed by atoms with van der Waals surface area (Å²) in [5, 5.41) is 13.3. The van der Waals surface area contributed by atoms with Crippen molar-refractivity contribution in [3.63, 3.8) is 0 Å². The van der Waals surface area contributed by atoms with E-state index in [1.54, 1.807) is 0 Å². The van der Waals surface area contributed by atoms with Gasteiger partial charge >= 0.3 is 0 Å². The van der Waals surface area contributed by atoms with Gasteiger partial charge < -0.3 is 9.88 Å². The fourth-order valence-corrected chi connectivity index (χ4v) is 5.25. The standard InChI is InChI=1S/C26H24BrClN4OS/c1-17-12-21(27)13-18(2)25(17)29-24(33)16-34-26-31-30-23(14-19-6-4-3-5-7-19)32(26)15-20-8-10-22(28)11-9-20/h3-13H,14-16H2,1-2H3,(H,29,33). The molecule has 0 bridgehead atoms. The molecule has 0 radical (unpaired) electrons. The Hall–Kier alpha value is -2.61. The van der Waals surface area contributed by atoms with Gasteiger partial charge in [0.1, 0.15) is 5.82 Å². The van der Waals surface area contributed by atoms with Gasteiger partial charge in [-0.25, -0.2) is 0 Å². The molecule has 4 aromatic rings. The van der Waals surface area contributed by atoms with Crippen molar-refractivity contribution >= 4 is 50.9 Å². The van der Waals surface area contributed by atoms with Crippen molar-refractivity contribution in [2.75, 3.05) is 11.1 Å². The number of aromatic nitrogens is 3. The van der Waals surface area contributed by atoms with Gasteiger partial charge in [0, 0.05) is 21.6 Å². The zero-order valence-corrected chi connectivity index (χ0v) is 22.0. The average Bonchev–Trinajstić information content (AvgIpc) is 3.18. The summed E-state index contributed by atoms with van der Waals surface area (Å²) in [6.45, 7) is 4.57. The maximum Gasteiger partial charge on any atom is 0.234 e. The normalized spacial score (nSPS) is 10.9. The highest BCUT2D eigenvalue weighted by molar-refractivity contribution is 9.10. The van der Waals surface area contributed by atoms with Crippen LogP contribution in [0.1, 0.15) is 28.1 Å². The minimum absolute atomic E-state index is 0.0795. The number of nitrogens with one attached hydrogen (secondary N) is 1. The topological polar surface area (TPSA) is 59.8 Å². The Morgan fingerprint density at radius 1 is 1.00 bits per heavy atom. The molecule has 174 valence electrons. The largest absolute Gasteiger partial charge is 0.325 e. The van der Waals surface area contributed by atoms with Gasteiger partial charge in [-0.2, -0.15) is 0 Å². The molecule has 0 spiro atoms. The summed E-state index contributed by atoms with van der Waals surface area (Å²) in [7, 11) is 0. The van der Waals surface area contributed by atoms with Crippen LogP contribution in [0.15, 0.2) is 76.4 Å². The average molecular weight is 556 g/mol. The molecule has 0 unspecified atom stereocenters. The second-order valence-corrected chi connectivity index (χ2v) is 10.3. The molecule has 1 aromatic heterocycles. The molecule has 4 rings (SSSR count). The predicted molar refractivity (Wildman–Crippen MR) is 143 cm³/mol. The molecular weight excluding hydrogens is 532 g/mol. The third-order valence-corrected chi connectivity index (χ3v) is 7.02. The fourth-order valence-electron chi connectivity index (χ4n) is 3.68. The quantitative estimate of drug-likeness (QED) is 0.246. The Balaban J connectivity index is 1.52. The number of carbonyl (C=O) groups is 1. The van der Waals surface area contributed by atoms with Crippen molar-refractivity contribution in [3.8, 4) is 0 Å². The number of amides is 1. The highest BCUT2D eigenvalue weighted by Crippen LogP contribution is 2.26. The number of hydrogen-bond acceptors (Lipinski definition) is 4. The van der Waals surface area contributed by atoms with Crippen LogP contribution in [0.4, 0.5) is 5.69 Å². The van der Waals surface area contributed by atoms with Crippen molar-refractivity contribution in [2.45, 2.75) is 32.0 Å². The van der Waals surface area contributed by atoms with Crippen molar-refractivity contribution in [3.05, 3.63) is 104 Å². The number of benzene rings is 3. The minimum atomic E-state index is -0.0795. The zero-order valence-electron chi connectivity index (χ0n) is 18.9. The van der Waals surface area contributed by atoms with Gasteiger partial charge in [-0.15, -0.1) is 10.2 Å². The van der Waals surface area contributed by atoms with Crippen molar-refractivity contribution in [1.82, 2.24) is 14.8 Å². The second kappa shape index (κ2) is 11.2. The van der Waals surface area contributed by atoms with Crippen LogP contribution in [0.2, 0.25) is 5.02 Å². The smallest absolute Gasteiger partial charge is 0.234 e. The lowest BCUT2D eigenvalue weighted by Crippen LogP contribution is -2.16. The molecule has 1 amide bonds. The third kappa shape index (κ3) is 6.29. The SMILES string of the molecule is Cc1cc(Br)cc(C)c1NC(=O)CSc1nnc(Cc2ccccc2)n1Cc1ccc(Cl)cc1. The van der Waals surface area contributed by atoms with Crippen molar-refractivity contribution < 1.29 is 4.79 Å². The fraction of sp³-hybridized carbons (Fsp3) is 0.192. The lowest BCUT2D eigenvalue weighted by atomic mass is 10.1. The van der Waals surface area contributed by atoms with E-state index in [9.17, 15) is 4.79 Å². The van der Waals surface area contributed by atoms with Crippen LogP contribution in [-0.4, -0.2) is 26.4 Å². The van der Waals surface area contributed by atoms with Gasteiger partial charge in [0.25, 0.3) is 0 Å². The maximum atomic E-state index is 12.8. The van der Waals surface area contributed by atoms with E-state index in [2.05, 4.69) is 48.1 Å². The Labute approximate surface area is 217 Å². The number of rotatable bonds is 8. The summed E-state index contributed by atoms with van der Waals surface area (Å²) in [5.74, 6) is 1.01. The second-order valence-electron chi connectivity index (χ2n) is 8.03. The Bertz CT molecular complexity index is 1270. The molecule has 3 aromatic carbocycles. The van der Waals surface area contributed by atoms with E-state index in [-0.39, 0.29) is 11.7 Å². The number of halogens is 2. The number of aryl methyl sites for hydroxylation is 2. The van der Waals surface area contributed by atoms with E-state index < -0.39 is 0 Å². The number of nitrogens with zero attached hydrogens (tertiary/aromatic N) is 3. The van der Waals surface area contributed by atoms with Crippen LogP contribution in [-0.2, 0) is 17.8 Å². The number of thioether (sulfide) groups is 1. The van der Waals surface area contributed by atoms with E-state index in [0.29, 0.717) is 23.1 Å². The molecule has 0 aliphatic carbocycles. The first-order valence-electron chi connectivity index (χ1n) is 10.8. The minimum Gasteiger partial charge on any atom is -0.325 e. The Kier molecular flexibility index (Phi) is 8.08. The van der Waals surface area contributed by atoms with E-state index in [4.69, 9.17) is 11.6 Å². The van der Waals surface area contributed by atoms with E-state index in [0.717, 1.165) is 38.2 Å². The highest BCUT2D eigenvalue weighted by Gasteiger charge is 2.16. The van der Waals surface area contributed by atoms with Gasteiger partial charge in [-0.3, -0.25) is 4.79 Å². The third-order valence-electron chi connectivity index (χ3n) is 5.35. The summed E-state index contributed by atoms with van der Waals surface area (Å²) in [6.07, 6.45) is 0.658. The lowest BCUT2D eigenvalue weighted by Gasteiger charge is -2.13. The molecule has 0 fully saturated rings. The first-order chi connectivity index (χ1) is 16.4. The zero-order chi connectivity index (χ0) is 24.1. The molecule has 8 heteroatoms. The summed E-state index contributed by atoms with van der Waals surface area (Å²) in [4.78, 5) is 12.8. The number of carbonyl (C=O) groups excluding carboxylic acids is 1. The maximum absolute atomic E-state index is 12.8. The Morgan fingerprint density at radius 2 is 1.68 bits per heavy atom. The molecule has 0 saturated carbocycles. The summed E-state index contributed by atoms with van der Waals surface area (Å²) < 4.78 is 3.07. The molecule has 34 heavy (non-hydrogen) atoms. The van der Waals surface area contributed by atoms with Gasteiger partial charge in [-0.05, 0) is 60.4 Å². The highest BCUT2D eigenvalue weighted by atomic mass is 79.9. The summed E-state index contributed by atoms with van der Waals surface area (Å²) in [5.41, 5.74) is 5.12. The van der Waals surface area contributed by atoms with E-state index in [1.807, 2.05) is 68.4 Å². The molecule has 0 atom stereocenters. The molecule has 1 heterocycles.